The minimum atomic E-state index is -5.66. The highest BCUT2D eigenvalue weighted by molar-refractivity contribution is 5.39. The molecule has 2 aromatic heterocycles. The molecule has 0 N–H and O–H groups in total. The second-order valence-electron chi connectivity index (χ2n) is 3.02. The van der Waals surface area contributed by atoms with Crippen LogP contribution in [0.15, 0.2) is 24.5 Å². The van der Waals surface area contributed by atoms with Crippen LogP contribution in [-0.2, 0) is 5.92 Å². The Morgan fingerprint density at radius 2 is 1.81 bits per heavy atom. The van der Waals surface area contributed by atoms with Crippen molar-refractivity contribution in [2.24, 2.45) is 0 Å². The molecule has 0 aromatic carbocycles. The Labute approximate surface area is 85.5 Å². The third kappa shape index (κ3) is 1.50. The van der Waals surface area contributed by atoms with Gasteiger partial charge in [0.2, 0.25) is 0 Å². The van der Waals surface area contributed by atoms with Crippen molar-refractivity contribution in [3.05, 3.63) is 30.2 Å². The highest BCUT2D eigenvalue weighted by Crippen LogP contribution is 2.43. The van der Waals surface area contributed by atoms with Crippen molar-refractivity contribution in [2.45, 2.75) is 12.1 Å². The van der Waals surface area contributed by atoms with Gasteiger partial charge in [0.25, 0.3) is 0 Å². The summed E-state index contributed by atoms with van der Waals surface area (Å²) in [7, 11) is 0. The number of rotatable bonds is 1. The second-order valence-corrected chi connectivity index (χ2v) is 3.02. The molecule has 2 rings (SSSR count). The average molecular weight is 237 g/mol. The van der Waals surface area contributed by atoms with Crippen LogP contribution in [0, 0.1) is 0 Å². The molecule has 0 aliphatic rings. The van der Waals surface area contributed by atoms with Crippen LogP contribution in [0.3, 0.4) is 0 Å². The molecule has 0 aliphatic heterocycles. The molecule has 8 heteroatoms. The predicted octanol–water partition coefficient (Wildman–Crippen LogP) is 2.38. The highest BCUT2D eigenvalue weighted by atomic mass is 19.4. The number of fused-ring (bicyclic) bond motifs is 1. The van der Waals surface area contributed by atoms with Gasteiger partial charge in [0.1, 0.15) is 5.69 Å². The van der Waals surface area contributed by atoms with E-state index in [1.165, 1.54) is 18.5 Å². The lowest BCUT2D eigenvalue weighted by molar-refractivity contribution is -0.291. The van der Waals surface area contributed by atoms with Gasteiger partial charge in [-0.2, -0.15) is 27.1 Å². The third-order valence-corrected chi connectivity index (χ3v) is 1.91. The van der Waals surface area contributed by atoms with Gasteiger partial charge in [-0.25, -0.2) is 9.50 Å². The molecule has 2 heterocycles. The lowest BCUT2D eigenvalue weighted by Crippen LogP contribution is -2.34. The van der Waals surface area contributed by atoms with Gasteiger partial charge in [-0.3, -0.25) is 0 Å². The van der Waals surface area contributed by atoms with Crippen molar-refractivity contribution in [3.63, 3.8) is 0 Å². The summed E-state index contributed by atoms with van der Waals surface area (Å²) >= 11 is 0. The zero-order valence-electron chi connectivity index (χ0n) is 7.54. The van der Waals surface area contributed by atoms with Gasteiger partial charge >= 0.3 is 12.1 Å². The molecule has 16 heavy (non-hydrogen) atoms. The maximum Gasteiger partial charge on any atom is 0.459 e. The van der Waals surface area contributed by atoms with E-state index >= 15 is 0 Å². The van der Waals surface area contributed by atoms with E-state index in [2.05, 4.69) is 10.1 Å². The number of aromatic nitrogens is 3. The fourth-order valence-corrected chi connectivity index (χ4v) is 1.13. The van der Waals surface area contributed by atoms with Crippen molar-refractivity contribution < 1.29 is 22.0 Å². The smallest absolute Gasteiger partial charge is 0.237 e. The molecular weight excluding hydrogens is 233 g/mol. The SMILES string of the molecule is FC(F)(F)C(F)(F)c1cc2ncccn2n1. The van der Waals surface area contributed by atoms with Crippen molar-refractivity contribution in [1.82, 2.24) is 14.6 Å². The maximum atomic E-state index is 12.9. The normalized spacial score (nSPS) is 13.3. The van der Waals surface area contributed by atoms with Gasteiger partial charge in [-0.05, 0) is 6.07 Å². The first-order valence-corrected chi connectivity index (χ1v) is 4.08. The molecule has 0 fully saturated rings. The van der Waals surface area contributed by atoms with Gasteiger partial charge in [-0.15, -0.1) is 0 Å². The molecule has 0 radical (unpaired) electrons. The Bertz CT molecular complexity index is 483. The first-order valence-electron chi connectivity index (χ1n) is 4.08. The third-order valence-electron chi connectivity index (χ3n) is 1.91. The van der Waals surface area contributed by atoms with E-state index < -0.39 is 17.8 Å². The zero-order valence-corrected chi connectivity index (χ0v) is 7.54. The Morgan fingerprint density at radius 3 is 2.38 bits per heavy atom. The number of halogens is 5. The van der Waals surface area contributed by atoms with Gasteiger partial charge in [0.15, 0.2) is 5.65 Å². The first-order chi connectivity index (χ1) is 7.32. The van der Waals surface area contributed by atoms with Crippen LogP contribution in [-0.4, -0.2) is 20.8 Å². The molecular formula is C8H4F5N3. The van der Waals surface area contributed by atoms with Gasteiger partial charge in [0.05, 0.1) is 0 Å². The van der Waals surface area contributed by atoms with Crippen molar-refractivity contribution in [1.29, 1.82) is 0 Å². The predicted molar refractivity (Wildman–Crippen MR) is 42.9 cm³/mol. The van der Waals surface area contributed by atoms with Crippen LogP contribution >= 0.6 is 0 Å². The molecule has 0 aliphatic carbocycles. The van der Waals surface area contributed by atoms with Crippen molar-refractivity contribution in [2.75, 3.05) is 0 Å². The van der Waals surface area contributed by atoms with E-state index in [9.17, 15) is 22.0 Å². The molecule has 0 atom stereocenters. The number of alkyl halides is 5. The molecule has 0 saturated heterocycles. The van der Waals surface area contributed by atoms with E-state index in [-0.39, 0.29) is 5.65 Å². The van der Waals surface area contributed by atoms with Gasteiger partial charge in [0, 0.05) is 18.5 Å². The minimum Gasteiger partial charge on any atom is -0.237 e. The fourth-order valence-electron chi connectivity index (χ4n) is 1.13. The Hall–Kier alpha value is -1.73. The molecule has 0 amide bonds. The molecule has 0 bridgehead atoms. The lowest BCUT2D eigenvalue weighted by atomic mass is 10.2. The van der Waals surface area contributed by atoms with Gasteiger partial charge < -0.3 is 0 Å². The standard InChI is InChI=1S/C8H4F5N3/c9-7(10,8(11,12)13)5-4-6-14-2-1-3-16(6)15-5/h1-4H. The van der Waals surface area contributed by atoms with E-state index in [0.29, 0.717) is 6.07 Å². The maximum absolute atomic E-state index is 12.9. The van der Waals surface area contributed by atoms with Crippen LogP contribution in [0.5, 0.6) is 0 Å². The number of nitrogens with zero attached hydrogens (tertiary/aromatic N) is 3. The lowest BCUT2D eigenvalue weighted by Gasteiger charge is -2.16. The second kappa shape index (κ2) is 3.13. The zero-order chi connectivity index (χ0) is 12.0. The fraction of sp³-hybridized carbons (Fsp3) is 0.250. The molecule has 3 nitrogen and oxygen atoms in total. The summed E-state index contributed by atoms with van der Waals surface area (Å²) < 4.78 is 62.7. The van der Waals surface area contributed by atoms with E-state index in [4.69, 9.17) is 0 Å². The first kappa shape index (κ1) is 10.8. The average Bonchev–Trinajstić information content (AvgIpc) is 2.59. The molecule has 2 aromatic rings. The minimum absolute atomic E-state index is 0.0681. The van der Waals surface area contributed by atoms with Crippen molar-refractivity contribution in [3.8, 4) is 0 Å². The van der Waals surface area contributed by atoms with Crippen LogP contribution in [0.4, 0.5) is 22.0 Å². The van der Waals surface area contributed by atoms with Crippen molar-refractivity contribution >= 4 is 5.65 Å². The summed E-state index contributed by atoms with van der Waals surface area (Å²) in [6.45, 7) is 0. The monoisotopic (exact) mass is 237 g/mol. The summed E-state index contributed by atoms with van der Waals surface area (Å²) in [5.74, 6) is -4.97. The topological polar surface area (TPSA) is 30.2 Å². The van der Waals surface area contributed by atoms with E-state index in [0.717, 1.165) is 4.52 Å². The largest absolute Gasteiger partial charge is 0.459 e. The Kier molecular flexibility index (Phi) is 2.11. The quantitative estimate of drug-likeness (QED) is 0.713. The molecule has 86 valence electrons. The van der Waals surface area contributed by atoms with Crippen LogP contribution < -0.4 is 0 Å². The highest BCUT2D eigenvalue weighted by Gasteiger charge is 2.60. The number of hydrogen-bond acceptors (Lipinski definition) is 2. The van der Waals surface area contributed by atoms with E-state index in [1.54, 1.807) is 0 Å². The van der Waals surface area contributed by atoms with Gasteiger partial charge in [-0.1, -0.05) is 0 Å². The Balaban J connectivity index is 2.56. The van der Waals surface area contributed by atoms with E-state index in [1.807, 2.05) is 0 Å². The molecule has 0 saturated carbocycles. The van der Waals surface area contributed by atoms with Crippen LogP contribution in [0.1, 0.15) is 5.69 Å². The summed E-state index contributed by atoms with van der Waals surface area (Å²) in [5, 5.41) is 3.14. The Morgan fingerprint density at radius 1 is 1.12 bits per heavy atom. The molecule has 0 unspecified atom stereocenters. The summed E-state index contributed by atoms with van der Waals surface area (Å²) in [6.07, 6.45) is -3.16. The number of hydrogen-bond donors (Lipinski definition) is 0. The summed E-state index contributed by atoms with van der Waals surface area (Å²) in [4.78, 5) is 3.60. The summed E-state index contributed by atoms with van der Waals surface area (Å²) in [6, 6.07) is 1.98. The van der Waals surface area contributed by atoms with Crippen LogP contribution in [0.2, 0.25) is 0 Å². The molecule has 0 spiro atoms. The van der Waals surface area contributed by atoms with Crippen LogP contribution in [0.25, 0.3) is 5.65 Å². The summed E-state index contributed by atoms with van der Waals surface area (Å²) in [5.41, 5.74) is -1.43.